The zero-order valence-corrected chi connectivity index (χ0v) is 18.8. The van der Waals surface area contributed by atoms with Crippen LogP contribution in [0.4, 0.5) is 11.4 Å². The number of ether oxygens (including phenoxy) is 1. The predicted molar refractivity (Wildman–Crippen MR) is 135 cm³/mol. The highest BCUT2D eigenvalue weighted by molar-refractivity contribution is 6.08. The van der Waals surface area contributed by atoms with Gasteiger partial charge in [0.1, 0.15) is 12.4 Å². The molecule has 1 heterocycles. The maximum atomic E-state index is 13.0. The molecule has 0 spiro atoms. The summed E-state index contributed by atoms with van der Waals surface area (Å²) in [6, 6.07) is 28.6. The molecule has 0 aliphatic rings. The second-order valence-electron chi connectivity index (χ2n) is 7.67. The molecule has 0 aliphatic carbocycles. The van der Waals surface area contributed by atoms with Crippen LogP contribution in [0.15, 0.2) is 97.2 Å². The van der Waals surface area contributed by atoms with E-state index >= 15 is 0 Å². The molecule has 0 aliphatic heterocycles. The molecule has 172 valence electrons. The van der Waals surface area contributed by atoms with Gasteiger partial charge >= 0.3 is 0 Å². The van der Waals surface area contributed by atoms with E-state index < -0.39 is 0 Å². The van der Waals surface area contributed by atoms with Gasteiger partial charge in [-0.05, 0) is 65.7 Å². The van der Waals surface area contributed by atoms with Crippen LogP contribution in [0.2, 0.25) is 0 Å². The molecule has 0 unspecified atom stereocenters. The molecule has 4 rings (SSSR count). The van der Waals surface area contributed by atoms with Crippen molar-refractivity contribution in [1.29, 1.82) is 0 Å². The minimum atomic E-state index is -0.174. The van der Waals surface area contributed by atoms with Crippen molar-refractivity contribution in [3.8, 4) is 16.9 Å². The third-order valence-corrected chi connectivity index (χ3v) is 5.28. The van der Waals surface area contributed by atoms with Gasteiger partial charge in [-0.3, -0.25) is 9.78 Å². The minimum absolute atomic E-state index is 0.0348. The van der Waals surface area contributed by atoms with Crippen LogP contribution < -0.4 is 15.4 Å². The van der Waals surface area contributed by atoms with Crippen LogP contribution in [-0.4, -0.2) is 35.8 Å². The number of benzene rings is 3. The third kappa shape index (κ3) is 6.21. The van der Waals surface area contributed by atoms with Gasteiger partial charge in [-0.2, -0.15) is 0 Å². The predicted octanol–water partition coefficient (Wildman–Crippen LogP) is 5.03. The monoisotopic (exact) mass is 453 g/mol. The molecule has 1 amide bonds. The molecule has 1 aromatic heterocycles. The number of hydrogen-bond donors (Lipinski definition) is 3. The number of aliphatic hydroxyl groups is 1. The molecule has 3 aromatic carbocycles. The first-order valence-electron chi connectivity index (χ1n) is 11.2. The van der Waals surface area contributed by atoms with Crippen LogP contribution in [0.5, 0.6) is 5.75 Å². The summed E-state index contributed by atoms with van der Waals surface area (Å²) in [7, 11) is 0. The summed E-state index contributed by atoms with van der Waals surface area (Å²) >= 11 is 0. The zero-order valence-electron chi connectivity index (χ0n) is 18.8. The van der Waals surface area contributed by atoms with Gasteiger partial charge in [0.2, 0.25) is 0 Å². The molecule has 0 bridgehead atoms. The van der Waals surface area contributed by atoms with Gasteiger partial charge in [-0.25, -0.2) is 0 Å². The van der Waals surface area contributed by atoms with E-state index in [2.05, 4.69) is 15.6 Å². The Hall–Kier alpha value is -4.16. The number of aromatic nitrogens is 1. The number of rotatable bonds is 10. The highest BCUT2D eigenvalue weighted by atomic mass is 16.5. The topological polar surface area (TPSA) is 83.5 Å². The van der Waals surface area contributed by atoms with E-state index in [0.717, 1.165) is 41.2 Å². The number of carbonyl (C=O) groups is 1. The number of carbonyl (C=O) groups excluding carboxylic acids is 1. The second kappa shape index (κ2) is 11.6. The van der Waals surface area contributed by atoms with Crippen molar-refractivity contribution in [2.75, 3.05) is 30.4 Å². The zero-order chi connectivity index (χ0) is 23.6. The van der Waals surface area contributed by atoms with E-state index in [1.54, 1.807) is 6.20 Å². The molecule has 3 N–H and O–H groups in total. The highest BCUT2D eigenvalue weighted by Gasteiger charge is 2.13. The van der Waals surface area contributed by atoms with Gasteiger partial charge in [0.05, 0.1) is 6.61 Å². The van der Waals surface area contributed by atoms with Crippen molar-refractivity contribution in [3.63, 3.8) is 0 Å². The number of amides is 1. The summed E-state index contributed by atoms with van der Waals surface area (Å²) in [5.74, 6) is 0.500. The Balaban J connectivity index is 1.38. The van der Waals surface area contributed by atoms with Crippen molar-refractivity contribution in [2.24, 2.45) is 0 Å². The molecule has 0 fully saturated rings. The lowest BCUT2D eigenvalue weighted by Gasteiger charge is -2.12. The summed E-state index contributed by atoms with van der Waals surface area (Å²) in [6.45, 7) is 0.990. The number of hydrogen-bond acceptors (Lipinski definition) is 5. The van der Waals surface area contributed by atoms with Gasteiger partial charge in [-0.15, -0.1) is 0 Å². The average molecular weight is 454 g/mol. The Morgan fingerprint density at radius 3 is 2.32 bits per heavy atom. The van der Waals surface area contributed by atoms with Crippen molar-refractivity contribution in [1.82, 2.24) is 4.98 Å². The SMILES string of the molecule is O=C(Nc1ccc(NCCc2ccccn2)cc1)c1ccccc1-c1ccc(OCCO)cc1. The van der Waals surface area contributed by atoms with E-state index in [4.69, 9.17) is 9.84 Å². The van der Waals surface area contributed by atoms with E-state index in [0.29, 0.717) is 11.3 Å². The summed E-state index contributed by atoms with van der Waals surface area (Å²) in [5, 5.41) is 15.3. The first-order valence-corrected chi connectivity index (χ1v) is 11.2. The number of nitrogens with one attached hydrogen (secondary N) is 2. The lowest BCUT2D eigenvalue weighted by Crippen LogP contribution is -2.13. The first kappa shape index (κ1) is 23.0. The molecule has 6 nitrogen and oxygen atoms in total. The second-order valence-corrected chi connectivity index (χ2v) is 7.67. The fourth-order valence-electron chi connectivity index (χ4n) is 3.58. The molecule has 6 heteroatoms. The molecule has 0 radical (unpaired) electrons. The fraction of sp³-hybridized carbons (Fsp3) is 0.143. The van der Waals surface area contributed by atoms with Gasteiger partial charge in [-0.1, -0.05) is 36.4 Å². The first-order chi connectivity index (χ1) is 16.7. The Labute approximate surface area is 199 Å². The standard InChI is InChI=1S/C28H27N3O3/c32-19-20-34-25-14-8-21(9-15-25)26-6-1-2-7-27(26)28(33)31-24-12-10-23(11-13-24)30-18-16-22-5-3-4-17-29-22/h1-15,17,30,32H,16,18-20H2,(H,31,33). The van der Waals surface area contributed by atoms with E-state index in [-0.39, 0.29) is 19.1 Å². The van der Waals surface area contributed by atoms with Crippen LogP contribution in [0.3, 0.4) is 0 Å². The number of aliphatic hydroxyl groups excluding tert-OH is 1. The van der Waals surface area contributed by atoms with Crippen LogP contribution in [0.25, 0.3) is 11.1 Å². The Kier molecular flexibility index (Phi) is 7.87. The van der Waals surface area contributed by atoms with Crippen molar-refractivity contribution >= 4 is 17.3 Å². The van der Waals surface area contributed by atoms with Crippen molar-refractivity contribution in [3.05, 3.63) is 108 Å². The Morgan fingerprint density at radius 1 is 0.853 bits per heavy atom. The Morgan fingerprint density at radius 2 is 1.59 bits per heavy atom. The number of pyridine rings is 1. The largest absolute Gasteiger partial charge is 0.491 e. The van der Waals surface area contributed by atoms with Crippen LogP contribution in [-0.2, 0) is 6.42 Å². The summed E-state index contributed by atoms with van der Waals surface area (Å²) in [6.07, 6.45) is 2.64. The van der Waals surface area contributed by atoms with Gasteiger partial charge in [0.15, 0.2) is 0 Å². The maximum Gasteiger partial charge on any atom is 0.256 e. The van der Waals surface area contributed by atoms with Gasteiger partial charge in [0, 0.05) is 41.8 Å². The summed E-state index contributed by atoms with van der Waals surface area (Å²) in [5.41, 5.74) is 5.09. The van der Waals surface area contributed by atoms with Crippen LogP contribution in [0.1, 0.15) is 16.1 Å². The van der Waals surface area contributed by atoms with Crippen LogP contribution in [0, 0.1) is 0 Å². The Bertz CT molecular complexity index is 1190. The normalized spacial score (nSPS) is 10.5. The lowest BCUT2D eigenvalue weighted by atomic mass is 9.99. The van der Waals surface area contributed by atoms with Gasteiger partial charge < -0.3 is 20.5 Å². The van der Waals surface area contributed by atoms with Crippen molar-refractivity contribution in [2.45, 2.75) is 6.42 Å². The maximum absolute atomic E-state index is 13.0. The summed E-state index contributed by atoms with van der Waals surface area (Å²) < 4.78 is 5.42. The molecule has 0 atom stereocenters. The molecular weight excluding hydrogens is 426 g/mol. The molecule has 0 saturated heterocycles. The third-order valence-electron chi connectivity index (χ3n) is 5.28. The quantitative estimate of drug-likeness (QED) is 0.314. The highest BCUT2D eigenvalue weighted by Crippen LogP contribution is 2.27. The van der Waals surface area contributed by atoms with Gasteiger partial charge in [0.25, 0.3) is 5.91 Å². The van der Waals surface area contributed by atoms with Crippen LogP contribution >= 0.6 is 0 Å². The van der Waals surface area contributed by atoms with E-state index in [9.17, 15) is 4.79 Å². The molecule has 4 aromatic rings. The average Bonchev–Trinajstić information content (AvgIpc) is 2.89. The van der Waals surface area contributed by atoms with E-state index in [1.807, 2.05) is 91.0 Å². The van der Waals surface area contributed by atoms with Crippen molar-refractivity contribution < 1.29 is 14.6 Å². The number of anilines is 2. The lowest BCUT2D eigenvalue weighted by molar-refractivity contribution is 0.102. The minimum Gasteiger partial charge on any atom is -0.491 e. The molecule has 0 saturated carbocycles. The summed E-state index contributed by atoms with van der Waals surface area (Å²) in [4.78, 5) is 17.4. The molecule has 34 heavy (non-hydrogen) atoms. The van der Waals surface area contributed by atoms with E-state index in [1.165, 1.54) is 0 Å². The number of nitrogens with zero attached hydrogens (tertiary/aromatic N) is 1. The molecular formula is C28H27N3O3. The smallest absolute Gasteiger partial charge is 0.256 e. The fourth-order valence-corrected chi connectivity index (χ4v) is 3.58.